The normalized spacial score (nSPS) is 10.6. The molecule has 0 bridgehead atoms. The molecule has 2 aromatic heterocycles. The van der Waals surface area contributed by atoms with E-state index in [1.807, 2.05) is 60.8 Å². The van der Waals surface area contributed by atoms with Crippen molar-refractivity contribution in [3.8, 4) is 0 Å². The van der Waals surface area contributed by atoms with Gasteiger partial charge in [-0.25, -0.2) is 0 Å². The van der Waals surface area contributed by atoms with Crippen molar-refractivity contribution in [2.75, 3.05) is 0 Å². The summed E-state index contributed by atoms with van der Waals surface area (Å²) in [7, 11) is -4.00. The average molecular weight is 1620 g/mol. The third kappa shape index (κ3) is 24.2. The number of pyridine rings is 2. The molecule has 0 fully saturated rings. The molecular weight excluding hydrogens is 1530 g/mol. The second kappa shape index (κ2) is 44.8. The van der Waals surface area contributed by atoms with E-state index in [1.54, 1.807) is 24.4 Å². The first-order valence-corrected chi connectivity index (χ1v) is 41.0. The molecule has 0 radical (unpaired) electrons. The van der Waals surface area contributed by atoms with Crippen LogP contribution in [0.25, 0.3) is 11.6 Å². The van der Waals surface area contributed by atoms with Crippen molar-refractivity contribution in [3.05, 3.63) is 477 Å². The number of alkyl halides is 1. The molecule has 15 aromatic rings. The fraction of sp³-hybridized carbons (Fsp3) is 0.0521. The zero-order valence-corrected chi connectivity index (χ0v) is 66.6. The Morgan fingerprint density at radius 2 is 0.524 bits per heavy atom. The predicted molar refractivity (Wildman–Crippen MR) is 453 cm³/mol. The van der Waals surface area contributed by atoms with Gasteiger partial charge in [-0.1, -0.05) is 350 Å². The molecule has 13 aromatic carbocycles. The molecule has 0 unspecified atom stereocenters. The second-order valence-corrected chi connectivity index (χ2v) is 33.9. The van der Waals surface area contributed by atoms with E-state index in [0.29, 0.717) is 5.69 Å². The fourth-order valence-electron chi connectivity index (χ4n) is 12.0. The van der Waals surface area contributed by atoms with E-state index in [9.17, 15) is 4.79 Å². The molecule has 15 rings (SSSR count). The Morgan fingerprint density at radius 3 is 0.752 bits per heavy atom. The smallest absolute Gasteiger partial charge is 0.178 e. The monoisotopic (exact) mass is 1610 g/mol. The SMILES string of the molecule is BrCc1ccccc1.CC(=Cc1ccccc1)c1ccccn1.CC(=O)c1ccccn1.[Br-].[Br-].c1ccc(C[P+](c2ccccc2)(c2ccccc2)c2ccccc2)cc1.c1ccc(C[P+](c2ccccc2)(c2ccccc2)c2ccccc2)cc1.c1ccc(P(c2ccccc2)c2ccccc2)cc1. The Hall–Kier alpha value is -9.70. The van der Waals surface area contributed by atoms with E-state index >= 15 is 0 Å². The lowest BCUT2D eigenvalue weighted by molar-refractivity contribution is -0.001000. The van der Waals surface area contributed by atoms with Crippen LogP contribution < -0.4 is 81.7 Å². The number of nitrogens with zero attached hydrogens (tertiary/aromatic N) is 2. The number of benzene rings is 13. The number of hydrogen-bond donors (Lipinski definition) is 0. The summed E-state index contributed by atoms with van der Waals surface area (Å²) in [6, 6.07) is 152. The van der Waals surface area contributed by atoms with Gasteiger partial charge < -0.3 is 34.0 Å². The van der Waals surface area contributed by atoms with Gasteiger partial charge in [0.15, 0.2) is 5.78 Å². The van der Waals surface area contributed by atoms with Crippen LogP contribution in [0.15, 0.2) is 443 Å². The fourth-order valence-corrected chi connectivity index (χ4v) is 23.2. The van der Waals surface area contributed by atoms with Crippen molar-refractivity contribution in [2.45, 2.75) is 31.5 Å². The molecular formula is C96H86Br3N2OP3. The van der Waals surface area contributed by atoms with Crippen LogP contribution in [0.4, 0.5) is 0 Å². The number of carbonyl (C=O) groups is 1. The summed E-state index contributed by atoms with van der Waals surface area (Å²) >= 11 is 3.36. The van der Waals surface area contributed by atoms with Gasteiger partial charge in [-0.3, -0.25) is 14.8 Å². The number of ketones is 1. The maximum atomic E-state index is 10.6. The second-order valence-electron chi connectivity index (χ2n) is 24.1. The van der Waals surface area contributed by atoms with Crippen molar-refractivity contribution in [2.24, 2.45) is 0 Å². The Morgan fingerprint density at radius 1 is 0.295 bits per heavy atom. The minimum atomic E-state index is -1.78. The topological polar surface area (TPSA) is 42.9 Å². The molecule has 0 saturated heterocycles. The number of carbonyl (C=O) groups excluding carboxylic acids is 1. The van der Waals surface area contributed by atoms with Crippen molar-refractivity contribution < 1.29 is 38.8 Å². The van der Waals surface area contributed by atoms with E-state index in [0.717, 1.165) is 23.3 Å². The van der Waals surface area contributed by atoms with Crippen LogP contribution in [0.2, 0.25) is 0 Å². The van der Waals surface area contributed by atoms with E-state index in [-0.39, 0.29) is 39.7 Å². The minimum Gasteiger partial charge on any atom is -1.00 e. The zero-order valence-electron chi connectivity index (χ0n) is 59.1. The predicted octanol–water partition coefficient (Wildman–Crippen LogP) is 15.3. The summed E-state index contributed by atoms with van der Waals surface area (Å²) in [6.07, 6.45) is 7.63. The molecule has 522 valence electrons. The summed E-state index contributed by atoms with van der Waals surface area (Å²) < 4.78 is 0. The third-order valence-electron chi connectivity index (χ3n) is 17.0. The molecule has 0 aliphatic carbocycles. The lowest BCUT2D eigenvalue weighted by atomic mass is 10.1. The van der Waals surface area contributed by atoms with E-state index in [1.165, 1.54) is 82.5 Å². The van der Waals surface area contributed by atoms with Crippen molar-refractivity contribution in [1.82, 2.24) is 9.97 Å². The maximum absolute atomic E-state index is 10.6. The van der Waals surface area contributed by atoms with Crippen LogP contribution in [0.3, 0.4) is 0 Å². The van der Waals surface area contributed by atoms with Gasteiger partial charge in [-0.15, -0.1) is 0 Å². The number of Topliss-reactive ketones (excluding diaryl/α,β-unsaturated/α-hetero) is 1. The molecule has 9 heteroatoms. The van der Waals surface area contributed by atoms with Gasteiger partial charge in [-0.2, -0.15) is 0 Å². The summed E-state index contributed by atoms with van der Waals surface area (Å²) in [4.78, 5) is 18.7. The van der Waals surface area contributed by atoms with Gasteiger partial charge in [0.25, 0.3) is 0 Å². The standard InChI is InChI=1S/2C25H22P.C18H15P.C14H13N.C7H7Br.C7H7NO.2BrH/c2*1-5-13-22(14-6-1)21-26(23-15-7-2-8-16-23,24-17-9-3-10-18-24)25-19-11-4-12-20-25;1-4-10-16(11-5-1)19(17-12-6-2-7-13-17)18-14-8-3-9-15-18;1-12(14-9-5-6-10-15-14)11-13-7-3-2-4-8-13;8-6-7-4-2-1-3-5-7;1-6(9)7-4-2-3-5-8-7;;/h2*1-20H,21H2;1-15H;2-11H,1H3;1-5H,6H2;2-5H,1H3;2*1H/q2*+1;;;;;;/p-2. The first-order valence-electron chi connectivity index (χ1n) is 34.6. The van der Waals surface area contributed by atoms with Crippen LogP contribution in [0.5, 0.6) is 0 Å². The van der Waals surface area contributed by atoms with Gasteiger partial charge in [0, 0.05) is 24.6 Å². The minimum absolute atomic E-state index is 0. The summed E-state index contributed by atoms with van der Waals surface area (Å²) in [5.74, 6) is 0.00981. The molecule has 0 atom stereocenters. The molecule has 0 spiro atoms. The summed E-state index contributed by atoms with van der Waals surface area (Å²) in [5, 5.41) is 13.7. The van der Waals surface area contributed by atoms with E-state index in [4.69, 9.17) is 0 Å². The van der Waals surface area contributed by atoms with Crippen LogP contribution >= 0.6 is 38.4 Å². The van der Waals surface area contributed by atoms with E-state index < -0.39 is 22.4 Å². The number of hydrogen-bond acceptors (Lipinski definition) is 3. The van der Waals surface area contributed by atoms with Gasteiger partial charge in [0.1, 0.15) is 52.0 Å². The average Bonchev–Trinajstić information content (AvgIpc) is 0.759. The highest BCUT2D eigenvalue weighted by molar-refractivity contribution is 9.08. The highest BCUT2D eigenvalue weighted by atomic mass is 79.9. The molecule has 105 heavy (non-hydrogen) atoms. The van der Waals surface area contributed by atoms with Crippen molar-refractivity contribution in [3.63, 3.8) is 0 Å². The third-order valence-corrected chi connectivity index (χ3v) is 28.9. The number of rotatable bonds is 17. The first kappa shape index (κ1) is 81.0. The molecule has 2 heterocycles. The quantitative estimate of drug-likeness (QED) is 0.0518. The molecule has 0 N–H and O–H groups in total. The molecule has 0 aliphatic heterocycles. The largest absolute Gasteiger partial charge is 1.00 e. The van der Waals surface area contributed by atoms with Crippen molar-refractivity contribution in [1.29, 1.82) is 0 Å². The Bertz CT molecular complexity index is 4360. The first-order chi connectivity index (χ1) is 50.8. The molecule has 0 amide bonds. The Balaban J connectivity index is 0.000000166. The number of halogens is 3. The van der Waals surface area contributed by atoms with Gasteiger partial charge >= 0.3 is 0 Å². The Kier molecular flexibility index (Phi) is 34.6. The van der Waals surface area contributed by atoms with Gasteiger partial charge in [0.2, 0.25) is 0 Å². The maximum Gasteiger partial charge on any atom is 0.178 e. The van der Waals surface area contributed by atoms with Crippen LogP contribution in [-0.4, -0.2) is 15.8 Å². The summed E-state index contributed by atoms with van der Waals surface area (Å²) in [6.45, 7) is 3.58. The Labute approximate surface area is 655 Å². The lowest BCUT2D eigenvalue weighted by Crippen LogP contribution is -3.00. The molecule has 0 aliphatic rings. The van der Waals surface area contributed by atoms with Gasteiger partial charge in [0.05, 0.1) is 18.0 Å². The highest BCUT2D eigenvalue weighted by Gasteiger charge is 2.46. The van der Waals surface area contributed by atoms with Crippen LogP contribution in [0, 0.1) is 0 Å². The van der Waals surface area contributed by atoms with Gasteiger partial charge in [-0.05, 0) is 162 Å². The zero-order chi connectivity index (χ0) is 71.3. The number of aromatic nitrogens is 2. The highest BCUT2D eigenvalue weighted by Crippen LogP contribution is 2.59. The van der Waals surface area contributed by atoms with Crippen molar-refractivity contribution >= 4 is 104 Å². The van der Waals surface area contributed by atoms with E-state index in [2.05, 4.69) is 397 Å². The summed E-state index contributed by atoms with van der Waals surface area (Å²) in [5.41, 5.74) is 8.04. The lowest BCUT2D eigenvalue weighted by Gasteiger charge is -2.27. The number of allylic oxidation sites excluding steroid dienone is 1. The molecule has 3 nitrogen and oxygen atoms in total. The van der Waals surface area contributed by atoms with Crippen LogP contribution in [0.1, 0.15) is 52.3 Å². The molecule has 0 saturated carbocycles. The van der Waals surface area contributed by atoms with Crippen LogP contribution in [-0.2, 0) is 17.7 Å².